The number of hydrogen-bond donors (Lipinski definition) is 2. The first-order valence-electron chi connectivity index (χ1n) is 5.17. The zero-order valence-corrected chi connectivity index (χ0v) is 10.6. The highest BCUT2D eigenvalue weighted by Crippen LogP contribution is 2.20. The maximum absolute atomic E-state index is 11.8. The summed E-state index contributed by atoms with van der Waals surface area (Å²) in [6.45, 7) is 1.76. The van der Waals surface area contributed by atoms with Gasteiger partial charge in [-0.1, -0.05) is 11.6 Å². The number of carbonyl (C=O) groups is 1. The van der Waals surface area contributed by atoms with E-state index in [0.29, 0.717) is 22.1 Å². The first-order valence-corrected chi connectivity index (χ1v) is 5.54. The molecule has 0 aromatic carbocycles. The van der Waals surface area contributed by atoms with Crippen LogP contribution in [0.5, 0.6) is 0 Å². The van der Waals surface area contributed by atoms with Gasteiger partial charge in [-0.15, -0.1) is 0 Å². The molecule has 0 aliphatic heterocycles. The summed E-state index contributed by atoms with van der Waals surface area (Å²) >= 11 is 5.94. The third-order valence-corrected chi connectivity index (χ3v) is 2.47. The zero-order chi connectivity index (χ0) is 13.1. The van der Waals surface area contributed by atoms with Crippen LogP contribution in [0, 0.1) is 6.92 Å². The van der Waals surface area contributed by atoms with Crippen molar-refractivity contribution < 1.29 is 9.21 Å². The topological polar surface area (TPSA) is 80.0 Å². The normalized spacial score (nSPS) is 10.2. The monoisotopic (exact) mass is 266 g/mol. The molecule has 2 rings (SSSR count). The Kier molecular flexibility index (Phi) is 3.47. The fourth-order valence-electron chi connectivity index (χ4n) is 1.33. The summed E-state index contributed by atoms with van der Waals surface area (Å²) < 4.78 is 5.02. The predicted molar refractivity (Wildman–Crippen MR) is 68.0 cm³/mol. The Morgan fingerprint density at radius 2 is 2.28 bits per heavy atom. The average molecular weight is 267 g/mol. The predicted octanol–water partition coefficient (Wildman–Crippen LogP) is 2.33. The Morgan fingerprint density at radius 3 is 2.83 bits per heavy atom. The number of nitrogens with zero attached hydrogens (tertiary/aromatic N) is 2. The SMILES string of the molecule is CNc1ncc(C(=O)Nc2nc(C)co2)cc1Cl. The molecule has 0 aliphatic rings. The van der Waals surface area contributed by atoms with Crippen molar-refractivity contribution in [2.24, 2.45) is 0 Å². The molecule has 0 unspecified atom stereocenters. The van der Waals surface area contributed by atoms with Crippen LogP contribution in [0.1, 0.15) is 16.1 Å². The molecule has 7 heteroatoms. The molecule has 0 bridgehead atoms. The second-order valence-corrected chi connectivity index (χ2v) is 3.96. The van der Waals surface area contributed by atoms with Crippen molar-refractivity contribution in [1.29, 1.82) is 0 Å². The number of aromatic nitrogens is 2. The first kappa shape index (κ1) is 12.4. The van der Waals surface area contributed by atoms with Gasteiger partial charge in [0.05, 0.1) is 16.3 Å². The fourth-order valence-corrected chi connectivity index (χ4v) is 1.59. The van der Waals surface area contributed by atoms with E-state index >= 15 is 0 Å². The maximum atomic E-state index is 11.8. The van der Waals surface area contributed by atoms with Crippen molar-refractivity contribution in [2.45, 2.75) is 6.92 Å². The molecule has 0 fully saturated rings. The summed E-state index contributed by atoms with van der Waals surface area (Å²) in [5.41, 5.74) is 1.02. The highest BCUT2D eigenvalue weighted by molar-refractivity contribution is 6.33. The number of halogens is 1. The number of carbonyl (C=O) groups excluding carboxylic acids is 1. The average Bonchev–Trinajstić information content (AvgIpc) is 2.74. The quantitative estimate of drug-likeness (QED) is 0.891. The lowest BCUT2D eigenvalue weighted by Gasteiger charge is -2.04. The smallest absolute Gasteiger partial charge is 0.301 e. The molecule has 0 spiro atoms. The summed E-state index contributed by atoms with van der Waals surface area (Å²) in [6, 6.07) is 1.66. The summed E-state index contributed by atoms with van der Waals surface area (Å²) in [7, 11) is 1.70. The van der Waals surface area contributed by atoms with Crippen molar-refractivity contribution in [3.63, 3.8) is 0 Å². The van der Waals surface area contributed by atoms with Crippen molar-refractivity contribution in [3.8, 4) is 0 Å². The third kappa shape index (κ3) is 2.60. The van der Waals surface area contributed by atoms with E-state index in [1.807, 2.05) is 0 Å². The number of anilines is 2. The molecular formula is C11H11ClN4O2. The Labute approximate surface area is 108 Å². The van der Waals surface area contributed by atoms with E-state index in [2.05, 4.69) is 20.6 Å². The largest absolute Gasteiger partial charge is 0.432 e. The molecule has 0 radical (unpaired) electrons. The van der Waals surface area contributed by atoms with Crippen LogP contribution < -0.4 is 10.6 Å². The zero-order valence-electron chi connectivity index (χ0n) is 9.82. The van der Waals surface area contributed by atoms with Crippen LogP contribution in [0.2, 0.25) is 5.02 Å². The van der Waals surface area contributed by atoms with Crippen LogP contribution >= 0.6 is 11.6 Å². The molecule has 2 heterocycles. The number of aryl methyl sites for hydroxylation is 1. The molecule has 2 aromatic rings. The molecule has 0 aliphatic carbocycles. The number of amides is 1. The summed E-state index contributed by atoms with van der Waals surface area (Å²) in [5, 5.41) is 5.69. The number of oxazole rings is 1. The van der Waals surface area contributed by atoms with E-state index in [0.717, 1.165) is 0 Å². The Balaban J connectivity index is 2.16. The van der Waals surface area contributed by atoms with Gasteiger partial charge in [-0.25, -0.2) is 4.98 Å². The van der Waals surface area contributed by atoms with E-state index < -0.39 is 0 Å². The van der Waals surface area contributed by atoms with Crippen molar-refractivity contribution in [1.82, 2.24) is 9.97 Å². The van der Waals surface area contributed by atoms with Gasteiger partial charge in [0.15, 0.2) is 0 Å². The molecule has 2 aromatic heterocycles. The lowest BCUT2D eigenvalue weighted by molar-refractivity contribution is 0.102. The van der Waals surface area contributed by atoms with Crippen molar-refractivity contribution in [3.05, 3.63) is 34.8 Å². The van der Waals surface area contributed by atoms with Crippen LogP contribution in [-0.4, -0.2) is 22.9 Å². The van der Waals surface area contributed by atoms with Gasteiger partial charge in [0, 0.05) is 13.2 Å². The molecular weight excluding hydrogens is 256 g/mol. The van der Waals surface area contributed by atoms with Crippen LogP contribution in [0.3, 0.4) is 0 Å². The second-order valence-electron chi connectivity index (χ2n) is 3.55. The molecule has 0 saturated heterocycles. The molecule has 6 nitrogen and oxygen atoms in total. The Morgan fingerprint density at radius 1 is 1.50 bits per heavy atom. The van der Waals surface area contributed by atoms with E-state index in [1.54, 1.807) is 14.0 Å². The van der Waals surface area contributed by atoms with Gasteiger partial charge in [-0.3, -0.25) is 10.1 Å². The molecule has 2 N–H and O–H groups in total. The first-order chi connectivity index (χ1) is 8.60. The van der Waals surface area contributed by atoms with Gasteiger partial charge < -0.3 is 9.73 Å². The van der Waals surface area contributed by atoms with Gasteiger partial charge >= 0.3 is 6.01 Å². The molecule has 94 valence electrons. The van der Waals surface area contributed by atoms with Crippen molar-refractivity contribution >= 4 is 29.3 Å². The number of rotatable bonds is 3. The summed E-state index contributed by atoms with van der Waals surface area (Å²) in [5.74, 6) is 0.133. The van der Waals surface area contributed by atoms with E-state index in [1.165, 1.54) is 18.5 Å². The maximum Gasteiger partial charge on any atom is 0.301 e. The lowest BCUT2D eigenvalue weighted by atomic mass is 10.2. The number of hydrogen-bond acceptors (Lipinski definition) is 5. The van der Waals surface area contributed by atoms with E-state index in [4.69, 9.17) is 16.0 Å². The number of nitrogens with one attached hydrogen (secondary N) is 2. The highest BCUT2D eigenvalue weighted by atomic mass is 35.5. The minimum absolute atomic E-state index is 0.145. The lowest BCUT2D eigenvalue weighted by Crippen LogP contribution is -2.12. The van der Waals surface area contributed by atoms with Crippen LogP contribution in [-0.2, 0) is 0 Å². The van der Waals surface area contributed by atoms with Gasteiger partial charge in [-0.2, -0.15) is 4.98 Å². The van der Waals surface area contributed by atoms with Crippen LogP contribution in [0.25, 0.3) is 0 Å². The van der Waals surface area contributed by atoms with Gasteiger partial charge in [0.1, 0.15) is 12.1 Å². The standard InChI is InChI=1S/C11H11ClN4O2/c1-6-5-18-11(15-6)16-10(17)7-3-8(12)9(13-2)14-4-7/h3-5H,1-2H3,(H,13,14)(H,15,16,17). The molecule has 1 amide bonds. The minimum Gasteiger partial charge on any atom is -0.432 e. The van der Waals surface area contributed by atoms with Crippen LogP contribution in [0.15, 0.2) is 22.9 Å². The Bertz CT molecular complexity index is 582. The van der Waals surface area contributed by atoms with Gasteiger partial charge in [0.2, 0.25) is 0 Å². The summed E-state index contributed by atoms with van der Waals surface area (Å²) in [4.78, 5) is 19.8. The third-order valence-electron chi connectivity index (χ3n) is 2.18. The van der Waals surface area contributed by atoms with Crippen LogP contribution in [0.4, 0.5) is 11.8 Å². The highest BCUT2D eigenvalue weighted by Gasteiger charge is 2.12. The van der Waals surface area contributed by atoms with E-state index in [9.17, 15) is 4.79 Å². The molecule has 0 atom stereocenters. The number of pyridine rings is 1. The second kappa shape index (κ2) is 5.05. The minimum atomic E-state index is -0.381. The molecule has 18 heavy (non-hydrogen) atoms. The summed E-state index contributed by atoms with van der Waals surface area (Å²) in [6.07, 6.45) is 2.87. The molecule has 0 saturated carbocycles. The van der Waals surface area contributed by atoms with Crippen molar-refractivity contribution in [2.75, 3.05) is 17.7 Å². The Hall–Kier alpha value is -2.08. The van der Waals surface area contributed by atoms with Gasteiger partial charge in [0.25, 0.3) is 5.91 Å². The van der Waals surface area contributed by atoms with Gasteiger partial charge in [-0.05, 0) is 13.0 Å². The fraction of sp³-hybridized carbons (Fsp3) is 0.182. The van der Waals surface area contributed by atoms with E-state index in [-0.39, 0.29) is 11.9 Å².